The number of benzene rings is 2. The third-order valence-electron chi connectivity index (χ3n) is 4.27. The first-order valence-electron chi connectivity index (χ1n) is 9.50. The van der Waals surface area contributed by atoms with Crippen molar-refractivity contribution in [2.24, 2.45) is 4.99 Å². The molecule has 8 heteroatoms. The first-order chi connectivity index (χ1) is 13.9. The van der Waals surface area contributed by atoms with Crippen molar-refractivity contribution in [2.75, 3.05) is 34.2 Å². The number of nitrogens with zero attached hydrogens (tertiary/aromatic N) is 2. The Morgan fingerprint density at radius 2 is 1.60 bits per heavy atom. The van der Waals surface area contributed by atoms with Gasteiger partial charge in [-0.05, 0) is 36.8 Å². The molecule has 0 saturated heterocycles. The molecule has 0 bridgehead atoms. The molecule has 0 fully saturated rings. The van der Waals surface area contributed by atoms with E-state index >= 15 is 0 Å². The summed E-state index contributed by atoms with van der Waals surface area (Å²) in [7, 11) is 5.16. The molecule has 0 saturated carbocycles. The number of nitrogens with one attached hydrogen (secondary N) is 3. The van der Waals surface area contributed by atoms with Crippen molar-refractivity contribution in [1.82, 2.24) is 20.9 Å². The van der Waals surface area contributed by atoms with E-state index in [2.05, 4.69) is 20.9 Å². The zero-order valence-electron chi connectivity index (χ0n) is 17.9. The number of hydrogen-bond donors (Lipinski definition) is 3. The zero-order valence-corrected chi connectivity index (χ0v) is 20.2. The third kappa shape index (κ3) is 8.02. The molecule has 0 aliphatic carbocycles. The number of carbonyl (C=O) groups excluding carboxylic acids is 2. The quantitative estimate of drug-likeness (QED) is 0.225. The lowest BCUT2D eigenvalue weighted by molar-refractivity contribution is 0.0827. The lowest BCUT2D eigenvalue weighted by Gasteiger charge is -2.13. The second-order valence-electron chi connectivity index (χ2n) is 6.87. The minimum Gasteiger partial charge on any atom is -0.355 e. The molecule has 2 aromatic rings. The van der Waals surface area contributed by atoms with Crippen molar-refractivity contribution in [3.05, 3.63) is 70.8 Å². The molecule has 7 nitrogen and oxygen atoms in total. The molecule has 0 radical (unpaired) electrons. The van der Waals surface area contributed by atoms with Crippen LogP contribution in [0.2, 0.25) is 0 Å². The molecule has 0 aliphatic heterocycles. The Morgan fingerprint density at radius 1 is 0.933 bits per heavy atom. The second kappa shape index (κ2) is 12.8. The summed E-state index contributed by atoms with van der Waals surface area (Å²) >= 11 is 0. The van der Waals surface area contributed by atoms with E-state index in [1.165, 1.54) is 0 Å². The summed E-state index contributed by atoms with van der Waals surface area (Å²) in [5.41, 5.74) is 3.41. The fourth-order valence-corrected chi connectivity index (χ4v) is 2.68. The Balaban J connectivity index is 0.00000450. The molecule has 0 aromatic heterocycles. The number of halogens is 1. The monoisotopic (exact) mass is 523 g/mol. The maximum absolute atomic E-state index is 12.1. The molecule has 2 amide bonds. The minimum absolute atomic E-state index is 0. The van der Waals surface area contributed by atoms with Crippen LogP contribution in [0.25, 0.3) is 0 Å². The lowest BCUT2D eigenvalue weighted by Crippen LogP contribution is -2.41. The average molecular weight is 523 g/mol. The van der Waals surface area contributed by atoms with Gasteiger partial charge in [0.05, 0.1) is 0 Å². The van der Waals surface area contributed by atoms with E-state index in [1.807, 2.05) is 49.4 Å². The Bertz CT molecular complexity index is 866. The van der Waals surface area contributed by atoms with Gasteiger partial charge >= 0.3 is 0 Å². The summed E-state index contributed by atoms with van der Waals surface area (Å²) in [5, 5.41) is 9.27. The molecule has 0 unspecified atom stereocenters. The van der Waals surface area contributed by atoms with Crippen molar-refractivity contribution in [3.63, 3.8) is 0 Å². The van der Waals surface area contributed by atoms with Gasteiger partial charge in [-0.15, -0.1) is 24.0 Å². The van der Waals surface area contributed by atoms with Crippen LogP contribution in [0.5, 0.6) is 0 Å². The van der Waals surface area contributed by atoms with Gasteiger partial charge in [-0.1, -0.05) is 29.8 Å². The van der Waals surface area contributed by atoms with Crippen LogP contribution in [-0.4, -0.2) is 56.9 Å². The first kappa shape index (κ1) is 25.4. The van der Waals surface area contributed by atoms with Crippen LogP contribution in [0, 0.1) is 6.92 Å². The number of aliphatic imine (C=N–C) groups is 1. The van der Waals surface area contributed by atoms with Crippen molar-refractivity contribution in [3.8, 4) is 0 Å². The molecule has 3 N–H and O–H groups in total. The molecule has 0 atom stereocenters. The number of guanidine groups is 1. The van der Waals surface area contributed by atoms with Crippen LogP contribution in [0.1, 0.15) is 31.8 Å². The van der Waals surface area contributed by atoms with Crippen LogP contribution in [0.3, 0.4) is 0 Å². The summed E-state index contributed by atoms with van der Waals surface area (Å²) in [6, 6.07) is 15.0. The summed E-state index contributed by atoms with van der Waals surface area (Å²) in [6.45, 7) is 3.57. The van der Waals surface area contributed by atoms with Gasteiger partial charge in [0, 0.05) is 51.9 Å². The maximum atomic E-state index is 12.1. The van der Waals surface area contributed by atoms with Crippen molar-refractivity contribution < 1.29 is 9.59 Å². The second-order valence-corrected chi connectivity index (χ2v) is 6.87. The molecule has 30 heavy (non-hydrogen) atoms. The third-order valence-corrected chi connectivity index (χ3v) is 4.27. The maximum Gasteiger partial charge on any atom is 0.253 e. The number of carbonyl (C=O) groups is 2. The van der Waals surface area contributed by atoms with Gasteiger partial charge in [-0.25, -0.2) is 0 Å². The van der Waals surface area contributed by atoms with Crippen molar-refractivity contribution in [2.45, 2.75) is 13.5 Å². The van der Waals surface area contributed by atoms with E-state index in [-0.39, 0.29) is 35.8 Å². The van der Waals surface area contributed by atoms with Gasteiger partial charge in [-0.2, -0.15) is 0 Å². The molecular weight excluding hydrogens is 493 g/mol. The van der Waals surface area contributed by atoms with Gasteiger partial charge in [-0.3, -0.25) is 14.6 Å². The minimum atomic E-state index is -0.0918. The Morgan fingerprint density at radius 3 is 2.20 bits per heavy atom. The van der Waals surface area contributed by atoms with Crippen LogP contribution < -0.4 is 16.0 Å². The van der Waals surface area contributed by atoms with E-state index in [4.69, 9.17) is 0 Å². The Hall–Kier alpha value is -2.62. The molecule has 162 valence electrons. The predicted molar refractivity (Wildman–Crippen MR) is 132 cm³/mol. The molecule has 2 aromatic carbocycles. The SMILES string of the molecule is CN=C(NCCNC(=O)c1cccc(C)c1)NCc1ccc(C(=O)N(C)C)cc1.I. The standard InChI is InChI=1S/C22H29N5O2.HI/c1-16-6-5-7-19(14-16)20(28)24-12-13-25-22(23-2)26-15-17-8-10-18(11-9-17)21(29)27(3)4;/h5-11,14H,12-13,15H2,1-4H3,(H,24,28)(H2,23,25,26);1H. The highest BCUT2D eigenvalue weighted by molar-refractivity contribution is 14.0. The summed E-state index contributed by atoms with van der Waals surface area (Å²) in [6.07, 6.45) is 0. The largest absolute Gasteiger partial charge is 0.355 e. The van der Waals surface area contributed by atoms with Gasteiger partial charge < -0.3 is 20.9 Å². The number of hydrogen-bond acceptors (Lipinski definition) is 3. The van der Waals surface area contributed by atoms with Gasteiger partial charge in [0.25, 0.3) is 11.8 Å². The van der Waals surface area contributed by atoms with E-state index < -0.39 is 0 Å². The van der Waals surface area contributed by atoms with Crippen LogP contribution >= 0.6 is 24.0 Å². The van der Waals surface area contributed by atoms with Gasteiger partial charge in [0.15, 0.2) is 5.96 Å². The van der Waals surface area contributed by atoms with Gasteiger partial charge in [0.1, 0.15) is 0 Å². The normalized spacial score (nSPS) is 10.6. The molecule has 2 rings (SSSR count). The van der Waals surface area contributed by atoms with Gasteiger partial charge in [0.2, 0.25) is 0 Å². The van der Waals surface area contributed by atoms with Crippen LogP contribution in [-0.2, 0) is 6.54 Å². The van der Waals surface area contributed by atoms with Crippen LogP contribution in [0.15, 0.2) is 53.5 Å². The number of aryl methyl sites for hydroxylation is 1. The molecular formula is C22H30IN5O2. The Labute approximate surface area is 195 Å². The summed E-state index contributed by atoms with van der Waals surface area (Å²) in [5.74, 6) is 0.531. The van der Waals surface area contributed by atoms with Crippen molar-refractivity contribution in [1.29, 1.82) is 0 Å². The average Bonchev–Trinajstić information content (AvgIpc) is 2.72. The summed E-state index contributed by atoms with van der Waals surface area (Å²) < 4.78 is 0. The zero-order chi connectivity index (χ0) is 21.2. The number of rotatable bonds is 7. The Kier molecular flexibility index (Phi) is 10.9. The number of amides is 2. The van der Waals surface area contributed by atoms with Crippen molar-refractivity contribution >= 4 is 41.8 Å². The highest BCUT2D eigenvalue weighted by atomic mass is 127. The molecule has 0 spiro atoms. The van der Waals surface area contributed by atoms with E-state index in [9.17, 15) is 9.59 Å². The highest BCUT2D eigenvalue weighted by Crippen LogP contribution is 2.06. The molecule has 0 aliphatic rings. The fourth-order valence-electron chi connectivity index (χ4n) is 2.68. The predicted octanol–water partition coefficient (Wildman–Crippen LogP) is 2.41. The summed E-state index contributed by atoms with van der Waals surface area (Å²) in [4.78, 5) is 29.8. The first-order valence-corrected chi connectivity index (χ1v) is 9.50. The van der Waals surface area contributed by atoms with E-state index in [0.29, 0.717) is 36.7 Å². The van der Waals surface area contributed by atoms with E-state index in [0.717, 1.165) is 11.1 Å². The smallest absolute Gasteiger partial charge is 0.253 e. The van der Waals surface area contributed by atoms with Crippen LogP contribution in [0.4, 0.5) is 0 Å². The highest BCUT2D eigenvalue weighted by Gasteiger charge is 2.07. The lowest BCUT2D eigenvalue weighted by atomic mass is 10.1. The fraction of sp³-hybridized carbons (Fsp3) is 0.318. The van der Waals surface area contributed by atoms with E-state index in [1.54, 1.807) is 32.1 Å². The topological polar surface area (TPSA) is 85.8 Å². The molecule has 0 heterocycles.